The van der Waals surface area contributed by atoms with Gasteiger partial charge in [-0.3, -0.25) is 9.78 Å². The molecular formula is C20H23N5O3. The number of hydrogen-bond donors (Lipinski definition) is 1. The van der Waals surface area contributed by atoms with Crippen molar-refractivity contribution in [1.82, 2.24) is 24.9 Å². The van der Waals surface area contributed by atoms with Crippen LogP contribution in [-0.2, 0) is 4.74 Å². The van der Waals surface area contributed by atoms with Crippen LogP contribution in [0.25, 0.3) is 16.5 Å². The van der Waals surface area contributed by atoms with Crippen LogP contribution in [0.15, 0.2) is 36.7 Å². The van der Waals surface area contributed by atoms with Crippen molar-refractivity contribution >= 4 is 16.7 Å². The number of hydrogen-bond acceptors (Lipinski definition) is 6. The van der Waals surface area contributed by atoms with E-state index in [0.717, 1.165) is 16.5 Å². The molecule has 0 atom stereocenters. The molecule has 3 heterocycles. The highest BCUT2D eigenvalue weighted by Gasteiger charge is 2.33. The number of fused-ring (bicyclic) bond motifs is 1. The first-order chi connectivity index (χ1) is 13.5. The van der Waals surface area contributed by atoms with Gasteiger partial charge in [0.2, 0.25) is 0 Å². The molecule has 1 saturated heterocycles. The summed E-state index contributed by atoms with van der Waals surface area (Å²) in [6, 6.07) is 7.76. The summed E-state index contributed by atoms with van der Waals surface area (Å²) in [7, 11) is 1.68. The first-order valence-corrected chi connectivity index (χ1v) is 9.29. The summed E-state index contributed by atoms with van der Waals surface area (Å²) in [6.07, 6.45) is 4.55. The second kappa shape index (κ2) is 7.29. The Kier molecular flexibility index (Phi) is 4.82. The number of benzene rings is 1. The summed E-state index contributed by atoms with van der Waals surface area (Å²) >= 11 is 0. The Bertz CT molecular complexity index is 1000. The van der Waals surface area contributed by atoms with Crippen LogP contribution in [0.1, 0.15) is 29.0 Å². The molecule has 0 radical (unpaired) electrons. The van der Waals surface area contributed by atoms with Gasteiger partial charge in [-0.15, -0.1) is 5.10 Å². The van der Waals surface area contributed by atoms with E-state index in [9.17, 15) is 9.90 Å². The molecule has 1 fully saturated rings. The molecule has 146 valence electrons. The van der Waals surface area contributed by atoms with Gasteiger partial charge in [-0.05, 0) is 19.1 Å². The van der Waals surface area contributed by atoms with Crippen LogP contribution in [0.3, 0.4) is 0 Å². The van der Waals surface area contributed by atoms with Gasteiger partial charge in [0.15, 0.2) is 5.69 Å². The highest BCUT2D eigenvalue weighted by molar-refractivity contribution is 5.94. The zero-order chi connectivity index (χ0) is 19.7. The standard InChI is InChI=1S/C20H23N5O3/c1-14-18(19(26)24(2)13-20(27)7-10-28-11-8-20)22-23-25(14)17-5-3-4-15-12-21-9-6-16(15)17/h3-6,9,12,27H,7-8,10-11,13H2,1-2H3. The van der Waals surface area contributed by atoms with Crippen LogP contribution in [0.5, 0.6) is 0 Å². The smallest absolute Gasteiger partial charge is 0.276 e. The molecule has 1 N–H and O–H groups in total. The number of nitrogens with zero attached hydrogens (tertiary/aromatic N) is 5. The minimum absolute atomic E-state index is 0.238. The third-order valence-corrected chi connectivity index (χ3v) is 5.28. The minimum Gasteiger partial charge on any atom is -0.388 e. The fourth-order valence-corrected chi connectivity index (χ4v) is 3.65. The van der Waals surface area contributed by atoms with Crippen molar-refractivity contribution in [1.29, 1.82) is 0 Å². The molecule has 0 spiro atoms. The number of pyridine rings is 1. The number of likely N-dealkylation sites (N-methyl/N-ethyl adjacent to an activating group) is 1. The van der Waals surface area contributed by atoms with Crippen molar-refractivity contribution < 1.29 is 14.6 Å². The van der Waals surface area contributed by atoms with Crippen molar-refractivity contribution in [2.24, 2.45) is 0 Å². The summed E-state index contributed by atoms with van der Waals surface area (Å²) in [6.45, 7) is 3.07. The lowest BCUT2D eigenvalue weighted by Gasteiger charge is -2.35. The Hall–Kier alpha value is -2.84. The van der Waals surface area contributed by atoms with Crippen LogP contribution < -0.4 is 0 Å². The molecular weight excluding hydrogens is 358 g/mol. The van der Waals surface area contributed by atoms with Crippen molar-refractivity contribution in [3.05, 3.63) is 48.0 Å². The number of aliphatic hydroxyl groups is 1. The molecule has 0 bridgehead atoms. The minimum atomic E-state index is -0.921. The lowest BCUT2D eigenvalue weighted by atomic mass is 9.94. The fourth-order valence-electron chi connectivity index (χ4n) is 3.65. The number of aromatic nitrogens is 4. The van der Waals surface area contributed by atoms with E-state index < -0.39 is 5.60 Å². The largest absolute Gasteiger partial charge is 0.388 e. The number of carbonyl (C=O) groups excluding carboxylic acids is 1. The summed E-state index contributed by atoms with van der Waals surface area (Å²) in [5, 5.41) is 21.0. The molecule has 0 aliphatic carbocycles. The van der Waals surface area contributed by atoms with Crippen LogP contribution in [0.4, 0.5) is 0 Å². The molecule has 3 aromatic rings. The van der Waals surface area contributed by atoms with Crippen LogP contribution >= 0.6 is 0 Å². The van der Waals surface area contributed by atoms with Crippen molar-refractivity contribution in [2.75, 3.05) is 26.8 Å². The van der Waals surface area contributed by atoms with E-state index in [-0.39, 0.29) is 18.1 Å². The monoisotopic (exact) mass is 381 g/mol. The molecule has 1 aliphatic heterocycles. The average Bonchev–Trinajstić information content (AvgIpc) is 3.08. The molecule has 2 aromatic heterocycles. The zero-order valence-electron chi connectivity index (χ0n) is 16.0. The second-order valence-corrected chi connectivity index (χ2v) is 7.31. The Labute approximate surface area is 162 Å². The molecule has 1 aromatic carbocycles. The summed E-state index contributed by atoms with van der Waals surface area (Å²) < 4.78 is 6.98. The van der Waals surface area contributed by atoms with E-state index >= 15 is 0 Å². The lowest BCUT2D eigenvalue weighted by Crippen LogP contribution is -2.47. The topological polar surface area (TPSA) is 93.4 Å². The maximum absolute atomic E-state index is 12.9. The molecule has 4 rings (SSSR count). The van der Waals surface area contributed by atoms with E-state index in [1.165, 1.54) is 4.90 Å². The molecule has 0 saturated carbocycles. The second-order valence-electron chi connectivity index (χ2n) is 7.31. The molecule has 0 unspecified atom stereocenters. The van der Waals surface area contributed by atoms with Gasteiger partial charge in [0.05, 0.1) is 17.0 Å². The van der Waals surface area contributed by atoms with Crippen molar-refractivity contribution in [3.63, 3.8) is 0 Å². The average molecular weight is 381 g/mol. The van der Waals surface area contributed by atoms with Crippen molar-refractivity contribution in [3.8, 4) is 5.69 Å². The predicted octanol–water partition coefficient (Wildman–Crippen LogP) is 1.74. The fraction of sp³-hybridized carbons (Fsp3) is 0.400. The number of amides is 1. The van der Waals surface area contributed by atoms with Crippen molar-refractivity contribution in [2.45, 2.75) is 25.4 Å². The molecule has 1 aliphatic rings. The van der Waals surface area contributed by atoms with Crippen LogP contribution in [-0.4, -0.2) is 68.3 Å². The van der Waals surface area contributed by atoms with Crippen LogP contribution in [0, 0.1) is 6.92 Å². The van der Waals surface area contributed by atoms with Gasteiger partial charge in [-0.25, -0.2) is 4.68 Å². The molecule has 1 amide bonds. The first-order valence-electron chi connectivity index (χ1n) is 9.29. The predicted molar refractivity (Wildman–Crippen MR) is 103 cm³/mol. The zero-order valence-corrected chi connectivity index (χ0v) is 16.0. The van der Waals surface area contributed by atoms with Gasteiger partial charge in [-0.2, -0.15) is 0 Å². The van der Waals surface area contributed by atoms with E-state index in [1.54, 1.807) is 24.1 Å². The number of carbonyl (C=O) groups is 1. The third kappa shape index (κ3) is 3.36. The van der Waals surface area contributed by atoms with Crippen LogP contribution in [0.2, 0.25) is 0 Å². The number of rotatable bonds is 4. The molecule has 8 heteroatoms. The maximum atomic E-state index is 12.9. The Morgan fingerprint density at radius 2 is 2.11 bits per heavy atom. The van der Waals surface area contributed by atoms with Gasteiger partial charge < -0.3 is 14.7 Å². The summed E-state index contributed by atoms with van der Waals surface area (Å²) in [5.41, 5.74) is 0.855. The highest BCUT2D eigenvalue weighted by Crippen LogP contribution is 2.24. The van der Waals surface area contributed by atoms with Gasteiger partial charge in [0, 0.05) is 62.8 Å². The van der Waals surface area contributed by atoms with E-state index in [4.69, 9.17) is 4.74 Å². The Balaban J connectivity index is 1.62. The van der Waals surface area contributed by atoms with Gasteiger partial charge >= 0.3 is 0 Å². The maximum Gasteiger partial charge on any atom is 0.276 e. The summed E-state index contributed by atoms with van der Waals surface area (Å²) in [4.78, 5) is 18.6. The van der Waals surface area contributed by atoms with Gasteiger partial charge in [0.1, 0.15) is 0 Å². The highest BCUT2D eigenvalue weighted by atomic mass is 16.5. The SMILES string of the molecule is Cc1c(C(=O)N(C)CC2(O)CCOCC2)nnn1-c1cccc2cnccc12. The molecule has 28 heavy (non-hydrogen) atoms. The third-order valence-electron chi connectivity index (χ3n) is 5.28. The summed E-state index contributed by atoms with van der Waals surface area (Å²) in [5.74, 6) is -0.259. The first kappa shape index (κ1) is 18.5. The van der Waals surface area contributed by atoms with Gasteiger partial charge in [0.25, 0.3) is 5.91 Å². The van der Waals surface area contributed by atoms with E-state index in [0.29, 0.717) is 31.7 Å². The Morgan fingerprint density at radius 3 is 2.89 bits per heavy atom. The quantitative estimate of drug-likeness (QED) is 0.740. The number of ether oxygens (including phenoxy) is 1. The van der Waals surface area contributed by atoms with E-state index in [2.05, 4.69) is 15.3 Å². The normalized spacial score (nSPS) is 16.2. The lowest BCUT2D eigenvalue weighted by molar-refractivity contribution is -0.0734. The Morgan fingerprint density at radius 1 is 1.32 bits per heavy atom. The van der Waals surface area contributed by atoms with E-state index in [1.807, 2.05) is 31.2 Å². The molecule has 8 nitrogen and oxygen atoms in total. The van der Waals surface area contributed by atoms with Gasteiger partial charge in [-0.1, -0.05) is 17.3 Å².